The molecule has 0 bridgehead atoms. The molecule has 2 aromatic rings. The second kappa shape index (κ2) is 5.98. The summed E-state index contributed by atoms with van der Waals surface area (Å²) in [6, 6.07) is 9.39. The Morgan fingerprint density at radius 2 is 2.20 bits per heavy atom. The minimum absolute atomic E-state index is 0.685. The highest BCUT2D eigenvalue weighted by molar-refractivity contribution is 5.83. The maximum absolute atomic E-state index is 3.60. The monoisotopic (exact) mass is 271 g/mol. The van der Waals surface area contributed by atoms with Crippen LogP contribution >= 0.6 is 0 Å². The first kappa shape index (κ1) is 13.7. The smallest absolute Gasteiger partial charge is 0.0481 e. The summed E-state index contributed by atoms with van der Waals surface area (Å²) >= 11 is 0. The lowest BCUT2D eigenvalue weighted by molar-refractivity contribution is 0.254. The molecule has 1 saturated heterocycles. The van der Waals surface area contributed by atoms with E-state index in [1.807, 2.05) is 0 Å². The number of fused-ring (bicyclic) bond motifs is 1. The molecule has 1 N–H and O–H groups in total. The maximum atomic E-state index is 3.60. The number of rotatable bonds is 5. The molecule has 0 amide bonds. The first-order valence-electron chi connectivity index (χ1n) is 7.76. The summed E-state index contributed by atoms with van der Waals surface area (Å²) in [6.07, 6.45) is 4.94. The summed E-state index contributed by atoms with van der Waals surface area (Å²) < 4.78 is 2.24. The first-order valence-corrected chi connectivity index (χ1v) is 7.76. The van der Waals surface area contributed by atoms with Crippen LogP contribution in [0.4, 0.5) is 0 Å². The second-order valence-corrected chi connectivity index (χ2v) is 5.90. The molecule has 0 spiro atoms. The van der Waals surface area contributed by atoms with Crippen molar-refractivity contribution in [3.8, 4) is 0 Å². The maximum Gasteiger partial charge on any atom is 0.0481 e. The number of aromatic nitrogens is 1. The second-order valence-electron chi connectivity index (χ2n) is 5.90. The Labute approximate surface area is 121 Å². The molecule has 20 heavy (non-hydrogen) atoms. The van der Waals surface area contributed by atoms with E-state index in [9.17, 15) is 0 Å². The van der Waals surface area contributed by atoms with Crippen molar-refractivity contribution in [1.82, 2.24) is 14.8 Å². The van der Waals surface area contributed by atoms with Crippen LogP contribution in [-0.4, -0.2) is 35.1 Å². The van der Waals surface area contributed by atoms with Crippen LogP contribution in [0.5, 0.6) is 0 Å². The molecule has 3 rings (SSSR count). The molecular formula is C17H25N3. The number of para-hydroxylation sites is 1. The van der Waals surface area contributed by atoms with Crippen molar-refractivity contribution >= 4 is 10.9 Å². The van der Waals surface area contributed by atoms with E-state index in [0.29, 0.717) is 6.04 Å². The molecule has 0 radical (unpaired) electrons. The van der Waals surface area contributed by atoms with Crippen molar-refractivity contribution in [2.45, 2.75) is 32.4 Å². The number of aryl methyl sites for hydroxylation is 1. The molecule has 0 saturated carbocycles. The van der Waals surface area contributed by atoms with Crippen LogP contribution in [-0.2, 0) is 13.6 Å². The fourth-order valence-electron chi connectivity index (χ4n) is 3.32. The molecule has 1 fully saturated rings. The van der Waals surface area contributed by atoms with E-state index in [0.717, 1.165) is 13.1 Å². The zero-order chi connectivity index (χ0) is 13.9. The Morgan fingerprint density at radius 3 is 2.95 bits per heavy atom. The van der Waals surface area contributed by atoms with Gasteiger partial charge in [0.25, 0.3) is 0 Å². The van der Waals surface area contributed by atoms with Crippen LogP contribution in [0.15, 0.2) is 30.5 Å². The standard InChI is InChI=1S/C17H25N3/c1-3-20(13-15-7-6-10-18-15)12-14-11-19(2)17-9-5-4-8-16(14)17/h4-5,8-9,11,15,18H,3,6-7,10,12-13H2,1-2H3. The largest absolute Gasteiger partial charge is 0.350 e. The average molecular weight is 271 g/mol. The van der Waals surface area contributed by atoms with Gasteiger partial charge in [0, 0.05) is 43.3 Å². The van der Waals surface area contributed by atoms with Crippen LogP contribution in [0.25, 0.3) is 10.9 Å². The van der Waals surface area contributed by atoms with Gasteiger partial charge in [0.15, 0.2) is 0 Å². The van der Waals surface area contributed by atoms with Gasteiger partial charge in [0.2, 0.25) is 0 Å². The topological polar surface area (TPSA) is 20.2 Å². The van der Waals surface area contributed by atoms with Crippen LogP contribution in [0.1, 0.15) is 25.3 Å². The van der Waals surface area contributed by atoms with Crippen LogP contribution < -0.4 is 5.32 Å². The third-order valence-electron chi connectivity index (χ3n) is 4.46. The zero-order valence-electron chi connectivity index (χ0n) is 12.6. The Kier molecular flexibility index (Phi) is 4.08. The molecule has 1 aliphatic rings. The normalized spacial score (nSPS) is 19.2. The van der Waals surface area contributed by atoms with E-state index >= 15 is 0 Å². The van der Waals surface area contributed by atoms with Gasteiger partial charge in [-0.05, 0) is 37.6 Å². The molecule has 1 unspecified atom stereocenters. The minimum Gasteiger partial charge on any atom is -0.350 e. The predicted molar refractivity (Wildman–Crippen MR) is 84.9 cm³/mol. The average Bonchev–Trinajstić information content (AvgIpc) is 3.08. The third kappa shape index (κ3) is 2.74. The van der Waals surface area contributed by atoms with E-state index in [1.54, 1.807) is 0 Å². The van der Waals surface area contributed by atoms with Gasteiger partial charge >= 0.3 is 0 Å². The highest BCUT2D eigenvalue weighted by Gasteiger charge is 2.18. The quantitative estimate of drug-likeness (QED) is 0.902. The zero-order valence-corrected chi connectivity index (χ0v) is 12.6. The molecule has 108 valence electrons. The number of hydrogen-bond acceptors (Lipinski definition) is 2. The Balaban J connectivity index is 1.76. The van der Waals surface area contributed by atoms with Gasteiger partial charge in [0.05, 0.1) is 0 Å². The summed E-state index contributed by atoms with van der Waals surface area (Å²) in [6.45, 7) is 6.79. The van der Waals surface area contributed by atoms with Gasteiger partial charge in [-0.25, -0.2) is 0 Å². The van der Waals surface area contributed by atoms with E-state index in [-0.39, 0.29) is 0 Å². The summed E-state index contributed by atoms with van der Waals surface area (Å²) in [7, 11) is 2.14. The third-order valence-corrected chi connectivity index (χ3v) is 4.46. The van der Waals surface area contributed by atoms with Gasteiger partial charge in [-0.2, -0.15) is 0 Å². The van der Waals surface area contributed by atoms with Gasteiger partial charge in [-0.15, -0.1) is 0 Å². The molecule has 2 heterocycles. The van der Waals surface area contributed by atoms with Crippen LogP contribution in [0.2, 0.25) is 0 Å². The van der Waals surface area contributed by atoms with E-state index in [1.165, 1.54) is 42.4 Å². The molecule has 3 heteroatoms. The van der Waals surface area contributed by atoms with Crippen molar-refractivity contribution in [3.05, 3.63) is 36.0 Å². The Hall–Kier alpha value is -1.32. The minimum atomic E-state index is 0.685. The van der Waals surface area contributed by atoms with Crippen molar-refractivity contribution in [2.75, 3.05) is 19.6 Å². The highest BCUT2D eigenvalue weighted by atomic mass is 15.2. The fraction of sp³-hybridized carbons (Fsp3) is 0.529. The van der Waals surface area contributed by atoms with Crippen molar-refractivity contribution < 1.29 is 0 Å². The summed E-state index contributed by atoms with van der Waals surface area (Å²) in [5, 5.41) is 5.00. The fourth-order valence-corrected chi connectivity index (χ4v) is 3.32. The lowest BCUT2D eigenvalue weighted by atomic mass is 10.1. The number of nitrogens with zero attached hydrogens (tertiary/aromatic N) is 2. The molecule has 1 aromatic heterocycles. The molecule has 1 aromatic carbocycles. The van der Waals surface area contributed by atoms with E-state index in [2.05, 4.69) is 59.2 Å². The Bertz CT molecular complexity index is 567. The number of hydrogen-bond donors (Lipinski definition) is 1. The van der Waals surface area contributed by atoms with Gasteiger partial charge in [-0.1, -0.05) is 25.1 Å². The van der Waals surface area contributed by atoms with Crippen LogP contribution in [0.3, 0.4) is 0 Å². The predicted octanol–water partition coefficient (Wildman–Crippen LogP) is 2.75. The molecule has 1 aliphatic heterocycles. The van der Waals surface area contributed by atoms with Crippen molar-refractivity contribution in [1.29, 1.82) is 0 Å². The van der Waals surface area contributed by atoms with E-state index < -0.39 is 0 Å². The number of likely N-dealkylation sites (N-methyl/N-ethyl adjacent to an activating group) is 1. The number of nitrogens with one attached hydrogen (secondary N) is 1. The lowest BCUT2D eigenvalue weighted by Crippen LogP contribution is -2.37. The van der Waals surface area contributed by atoms with Crippen LogP contribution in [0, 0.1) is 0 Å². The van der Waals surface area contributed by atoms with Crippen molar-refractivity contribution in [3.63, 3.8) is 0 Å². The van der Waals surface area contributed by atoms with Gasteiger partial charge in [-0.3, -0.25) is 4.90 Å². The first-order chi connectivity index (χ1) is 9.78. The molecule has 0 aliphatic carbocycles. The van der Waals surface area contributed by atoms with E-state index in [4.69, 9.17) is 0 Å². The molecular weight excluding hydrogens is 246 g/mol. The lowest BCUT2D eigenvalue weighted by Gasteiger charge is -2.24. The van der Waals surface area contributed by atoms with Crippen molar-refractivity contribution in [2.24, 2.45) is 7.05 Å². The highest BCUT2D eigenvalue weighted by Crippen LogP contribution is 2.22. The molecule has 3 nitrogen and oxygen atoms in total. The Morgan fingerprint density at radius 1 is 1.35 bits per heavy atom. The summed E-state index contributed by atoms with van der Waals surface area (Å²) in [4.78, 5) is 2.56. The summed E-state index contributed by atoms with van der Waals surface area (Å²) in [5.74, 6) is 0. The molecule has 1 atom stereocenters. The summed E-state index contributed by atoms with van der Waals surface area (Å²) in [5.41, 5.74) is 2.78. The number of benzene rings is 1. The SMILES string of the molecule is CCN(Cc1cn(C)c2ccccc12)CC1CCCN1. The van der Waals surface area contributed by atoms with Gasteiger partial charge in [0.1, 0.15) is 0 Å². The van der Waals surface area contributed by atoms with Gasteiger partial charge < -0.3 is 9.88 Å².